The van der Waals surface area contributed by atoms with E-state index in [0.29, 0.717) is 23.9 Å². The van der Waals surface area contributed by atoms with E-state index in [2.05, 4.69) is 99.0 Å². The number of nitrogens with zero attached hydrogens (tertiary/aromatic N) is 1. The average molecular weight is 1040 g/mol. The zero-order valence-corrected chi connectivity index (χ0v) is 49.0. The molecule has 0 bridgehead atoms. The van der Waals surface area contributed by atoms with Gasteiger partial charge in [-0.3, -0.25) is 14.2 Å². The van der Waals surface area contributed by atoms with Gasteiger partial charge in [-0.05, 0) is 102 Å². The van der Waals surface area contributed by atoms with E-state index in [1.807, 2.05) is 33.3 Å². The zero-order valence-electron chi connectivity index (χ0n) is 48.1. The van der Waals surface area contributed by atoms with Crippen LogP contribution in [0, 0.1) is 0 Å². The maximum Gasteiger partial charge on any atom is 0.306 e. The first-order valence-electron chi connectivity index (χ1n) is 29.9. The number of hydrogen-bond acceptors (Lipinski definition) is 7. The molecule has 0 aliphatic heterocycles. The molecule has 0 heterocycles. The number of esters is 1. The molecule has 0 radical (unpaired) electrons. The number of allylic oxidation sites excluding steroid dienone is 13. The van der Waals surface area contributed by atoms with Gasteiger partial charge in [-0.15, -0.1) is 0 Å². The number of nitrogens with one attached hydrogen (secondary N) is 1. The third-order valence-electron chi connectivity index (χ3n) is 12.8. The number of carbonyl (C=O) groups is 2. The van der Waals surface area contributed by atoms with Crippen LogP contribution in [0.5, 0.6) is 0 Å². The van der Waals surface area contributed by atoms with Crippen LogP contribution in [0.15, 0.2) is 85.1 Å². The molecule has 3 unspecified atom stereocenters. The van der Waals surface area contributed by atoms with Gasteiger partial charge in [0.05, 0.1) is 33.8 Å². The van der Waals surface area contributed by atoms with Gasteiger partial charge in [0.2, 0.25) is 5.91 Å². The van der Waals surface area contributed by atoms with Gasteiger partial charge >= 0.3 is 5.97 Å². The molecule has 0 saturated heterocycles. The van der Waals surface area contributed by atoms with E-state index in [-0.39, 0.29) is 31.3 Å². The third-order valence-corrected chi connectivity index (χ3v) is 13.8. The molecular formula is C63H113N2O7P. The average Bonchev–Trinajstić information content (AvgIpc) is 3.35. The molecule has 422 valence electrons. The Labute approximate surface area is 450 Å². The lowest BCUT2D eigenvalue weighted by atomic mass is 10.0. The Balaban J connectivity index is 5.36. The highest BCUT2D eigenvalue weighted by atomic mass is 31.2. The van der Waals surface area contributed by atoms with E-state index in [0.717, 1.165) is 109 Å². The Morgan fingerprint density at radius 2 is 0.877 bits per heavy atom. The number of hydrogen-bond donors (Lipinski definition) is 1. The molecular weight excluding hydrogens is 928 g/mol. The van der Waals surface area contributed by atoms with Crippen LogP contribution in [0.2, 0.25) is 0 Å². The first-order valence-corrected chi connectivity index (χ1v) is 31.4. The van der Waals surface area contributed by atoms with Crippen molar-refractivity contribution in [3.8, 4) is 0 Å². The summed E-state index contributed by atoms with van der Waals surface area (Å²) in [6, 6.07) is -0.907. The predicted octanol–water partition coefficient (Wildman–Crippen LogP) is 17.6. The van der Waals surface area contributed by atoms with Crippen molar-refractivity contribution in [2.24, 2.45) is 0 Å². The van der Waals surface area contributed by atoms with Gasteiger partial charge < -0.3 is 28.5 Å². The highest BCUT2D eigenvalue weighted by molar-refractivity contribution is 7.45. The van der Waals surface area contributed by atoms with Crippen molar-refractivity contribution in [3.05, 3.63) is 85.1 Å². The number of amides is 1. The van der Waals surface area contributed by atoms with Crippen molar-refractivity contribution in [2.75, 3.05) is 40.9 Å². The lowest BCUT2D eigenvalue weighted by Gasteiger charge is -2.30. The van der Waals surface area contributed by atoms with E-state index in [9.17, 15) is 19.0 Å². The van der Waals surface area contributed by atoms with Crippen LogP contribution in [0.3, 0.4) is 0 Å². The highest BCUT2D eigenvalue weighted by Gasteiger charge is 2.27. The van der Waals surface area contributed by atoms with E-state index >= 15 is 0 Å². The van der Waals surface area contributed by atoms with Crippen LogP contribution in [-0.4, -0.2) is 69.4 Å². The number of likely N-dealkylation sites (N-methyl/N-ethyl adjacent to an activating group) is 1. The molecule has 0 aromatic carbocycles. The van der Waals surface area contributed by atoms with E-state index in [1.54, 1.807) is 0 Å². The molecule has 73 heavy (non-hydrogen) atoms. The molecule has 3 atom stereocenters. The molecule has 0 rings (SSSR count). The fourth-order valence-corrected chi connectivity index (χ4v) is 8.91. The summed E-state index contributed by atoms with van der Waals surface area (Å²) in [4.78, 5) is 39.9. The van der Waals surface area contributed by atoms with Crippen molar-refractivity contribution in [1.82, 2.24) is 5.32 Å². The number of phosphoric ester groups is 1. The molecule has 0 aromatic rings. The van der Waals surface area contributed by atoms with Gasteiger partial charge in [0, 0.05) is 12.8 Å². The number of unbranched alkanes of at least 4 members (excludes halogenated alkanes) is 25. The monoisotopic (exact) mass is 1040 g/mol. The van der Waals surface area contributed by atoms with Gasteiger partial charge in [-0.25, -0.2) is 0 Å². The second-order valence-corrected chi connectivity index (χ2v) is 22.5. The summed E-state index contributed by atoms with van der Waals surface area (Å²) in [5.41, 5.74) is 0. The van der Waals surface area contributed by atoms with Crippen molar-refractivity contribution in [3.63, 3.8) is 0 Å². The second-order valence-electron chi connectivity index (χ2n) is 21.1. The van der Waals surface area contributed by atoms with Gasteiger partial charge in [-0.1, -0.05) is 222 Å². The summed E-state index contributed by atoms with van der Waals surface area (Å²) in [5.74, 6) is -0.584. The number of phosphoric acid groups is 1. The Kier molecular flexibility index (Phi) is 50.6. The molecule has 0 aliphatic carbocycles. The Morgan fingerprint density at radius 3 is 1.34 bits per heavy atom. The van der Waals surface area contributed by atoms with Crippen LogP contribution < -0.4 is 10.2 Å². The van der Waals surface area contributed by atoms with Crippen LogP contribution in [0.25, 0.3) is 0 Å². The first-order chi connectivity index (χ1) is 35.4. The summed E-state index contributed by atoms with van der Waals surface area (Å²) in [7, 11) is 1.16. The topological polar surface area (TPSA) is 114 Å². The van der Waals surface area contributed by atoms with Crippen molar-refractivity contribution < 1.29 is 37.3 Å². The Morgan fingerprint density at radius 1 is 0.493 bits per heavy atom. The normalized spacial score (nSPS) is 14.3. The van der Waals surface area contributed by atoms with E-state index < -0.39 is 26.6 Å². The van der Waals surface area contributed by atoms with Crippen LogP contribution in [0.1, 0.15) is 252 Å². The molecule has 10 heteroatoms. The van der Waals surface area contributed by atoms with Crippen molar-refractivity contribution >= 4 is 19.7 Å². The third kappa shape index (κ3) is 53.8. The van der Waals surface area contributed by atoms with Crippen LogP contribution in [-0.2, 0) is 27.9 Å². The fourth-order valence-electron chi connectivity index (χ4n) is 8.19. The quantitative estimate of drug-likeness (QED) is 0.0212. The minimum Gasteiger partial charge on any atom is -0.756 e. The Bertz CT molecular complexity index is 1530. The van der Waals surface area contributed by atoms with Gasteiger partial charge in [0.1, 0.15) is 19.3 Å². The summed E-state index contributed by atoms with van der Waals surface area (Å²) >= 11 is 0. The summed E-state index contributed by atoms with van der Waals surface area (Å²) in [6.07, 6.45) is 68.3. The molecule has 0 aliphatic rings. The molecule has 0 saturated carbocycles. The lowest BCUT2D eigenvalue weighted by Crippen LogP contribution is -2.47. The fraction of sp³-hybridized carbons (Fsp3) is 0.746. The molecule has 0 fully saturated rings. The van der Waals surface area contributed by atoms with Crippen molar-refractivity contribution in [1.29, 1.82) is 0 Å². The Hall–Kier alpha value is -2.81. The predicted molar refractivity (Wildman–Crippen MR) is 311 cm³/mol. The lowest BCUT2D eigenvalue weighted by molar-refractivity contribution is -0.870. The summed E-state index contributed by atoms with van der Waals surface area (Å²) < 4.78 is 30.2. The zero-order chi connectivity index (χ0) is 53.6. The number of quaternary nitrogens is 1. The van der Waals surface area contributed by atoms with Gasteiger partial charge in [0.25, 0.3) is 7.82 Å². The maximum absolute atomic E-state index is 13.5. The number of ether oxygens (including phenoxy) is 1. The van der Waals surface area contributed by atoms with Crippen LogP contribution in [0.4, 0.5) is 0 Å². The standard InChI is InChI=1S/C63H113N2O7P/c1-7-10-13-16-19-22-25-28-29-30-31-32-33-34-35-38-41-44-47-50-53-56-63(67)72-61(54-51-48-45-42-39-36-26-23-20-17-14-11-8-2)60(59-71-73(68,69)70-58-57-65(4,5)6)64-62(66)55-52-49-46-43-40-37-27-24-21-18-15-12-9-3/h10,13,19,22,28-29,31-32,34-35,37,40,51,54,60-61H,7-9,11-12,14-18,20-21,23-27,30,33,36,38-39,41-50,52-53,55-59H2,1-6H3,(H-,64,66,68,69)/b13-10-,22-19-,29-28-,32-31-,35-34-,40-37-,54-51-. The molecule has 1 amide bonds. The highest BCUT2D eigenvalue weighted by Crippen LogP contribution is 2.38. The van der Waals surface area contributed by atoms with E-state index in [1.165, 1.54) is 96.3 Å². The number of rotatable bonds is 53. The smallest absolute Gasteiger partial charge is 0.306 e. The SMILES string of the molecule is CC/C=C\C/C=C\C/C=C\C/C=C\C/C=C\CCCCCCCC(=O)OC(/C=C\CCCCCCCCCCCCC)C(COP(=O)([O-])OCC[N+](C)(C)C)NC(=O)CCCCC/C=C\CCCCCCCC. The number of carbonyl (C=O) groups excluding carboxylic acids is 2. The maximum atomic E-state index is 13.5. The minimum absolute atomic E-state index is 0.0316. The largest absolute Gasteiger partial charge is 0.756 e. The summed E-state index contributed by atoms with van der Waals surface area (Å²) in [6.45, 7) is 6.69. The summed E-state index contributed by atoms with van der Waals surface area (Å²) in [5, 5.41) is 3.01. The second kappa shape index (κ2) is 52.6. The first kappa shape index (κ1) is 70.2. The molecule has 1 N–H and O–H groups in total. The van der Waals surface area contributed by atoms with Crippen molar-refractivity contribution in [2.45, 2.75) is 264 Å². The molecule has 0 spiro atoms. The van der Waals surface area contributed by atoms with Gasteiger partial charge in [0.15, 0.2) is 0 Å². The van der Waals surface area contributed by atoms with Gasteiger partial charge in [-0.2, -0.15) is 0 Å². The van der Waals surface area contributed by atoms with E-state index in [4.69, 9.17) is 13.8 Å². The molecule has 0 aromatic heterocycles. The molecule has 9 nitrogen and oxygen atoms in total. The van der Waals surface area contributed by atoms with Crippen LogP contribution >= 0.6 is 7.82 Å². The minimum atomic E-state index is -4.71.